The molecular formula is C11H10ClN5O3. The van der Waals surface area contributed by atoms with E-state index in [4.69, 9.17) is 16.7 Å². The molecule has 2 rings (SSSR count). The lowest BCUT2D eigenvalue weighted by Crippen LogP contribution is -2.23. The van der Waals surface area contributed by atoms with Gasteiger partial charge in [-0.25, -0.2) is 9.67 Å². The van der Waals surface area contributed by atoms with Gasteiger partial charge in [0.2, 0.25) is 0 Å². The highest BCUT2D eigenvalue weighted by molar-refractivity contribution is 6.30. The van der Waals surface area contributed by atoms with Crippen molar-refractivity contribution in [2.24, 2.45) is 0 Å². The van der Waals surface area contributed by atoms with E-state index in [0.29, 0.717) is 10.7 Å². The normalized spacial score (nSPS) is 10.2. The molecule has 0 saturated carbocycles. The van der Waals surface area contributed by atoms with Crippen LogP contribution in [0.4, 0.5) is 0 Å². The Labute approximate surface area is 118 Å². The first-order valence-corrected chi connectivity index (χ1v) is 5.93. The first-order chi connectivity index (χ1) is 9.54. The van der Waals surface area contributed by atoms with Gasteiger partial charge in [0.05, 0.1) is 17.8 Å². The van der Waals surface area contributed by atoms with Crippen molar-refractivity contribution < 1.29 is 14.7 Å². The molecule has 0 unspecified atom stereocenters. The Hall–Kier alpha value is -2.48. The van der Waals surface area contributed by atoms with Crippen molar-refractivity contribution in [1.82, 2.24) is 25.3 Å². The van der Waals surface area contributed by atoms with Crippen molar-refractivity contribution in [3.05, 3.63) is 40.9 Å². The summed E-state index contributed by atoms with van der Waals surface area (Å²) in [7, 11) is 0. The van der Waals surface area contributed by atoms with E-state index in [2.05, 4.69) is 20.6 Å². The van der Waals surface area contributed by atoms with Gasteiger partial charge in [0.25, 0.3) is 5.91 Å². The fourth-order valence-electron chi connectivity index (χ4n) is 1.41. The van der Waals surface area contributed by atoms with Crippen molar-refractivity contribution in [1.29, 1.82) is 0 Å². The standard InChI is InChI=1S/C11H10ClN5O3/c12-7-1-2-9(13-3-7)11(20)14-4-8-5-17(16-15-8)6-10(18)19/h1-3,5H,4,6H2,(H,14,20)(H,18,19). The average molecular weight is 296 g/mol. The van der Waals surface area contributed by atoms with Gasteiger partial charge in [0, 0.05) is 6.20 Å². The highest BCUT2D eigenvalue weighted by Gasteiger charge is 2.09. The van der Waals surface area contributed by atoms with E-state index in [-0.39, 0.29) is 24.7 Å². The van der Waals surface area contributed by atoms with Crippen LogP contribution in [0, 0.1) is 0 Å². The molecule has 2 heterocycles. The molecule has 0 aliphatic carbocycles. The minimum Gasteiger partial charge on any atom is -0.480 e. The zero-order chi connectivity index (χ0) is 14.5. The molecule has 104 valence electrons. The van der Waals surface area contributed by atoms with Gasteiger partial charge in [0.1, 0.15) is 17.9 Å². The van der Waals surface area contributed by atoms with Crippen molar-refractivity contribution in [2.75, 3.05) is 0 Å². The van der Waals surface area contributed by atoms with Gasteiger partial charge in [-0.2, -0.15) is 0 Å². The van der Waals surface area contributed by atoms with E-state index in [1.165, 1.54) is 23.1 Å². The molecule has 0 atom stereocenters. The number of aromatic nitrogens is 4. The Balaban J connectivity index is 1.91. The van der Waals surface area contributed by atoms with Crippen LogP contribution in [0.3, 0.4) is 0 Å². The quantitative estimate of drug-likeness (QED) is 0.823. The molecule has 0 aromatic carbocycles. The lowest BCUT2D eigenvalue weighted by atomic mass is 10.3. The maximum Gasteiger partial charge on any atom is 0.325 e. The number of carbonyl (C=O) groups is 2. The Morgan fingerprint density at radius 2 is 2.20 bits per heavy atom. The van der Waals surface area contributed by atoms with Crippen LogP contribution >= 0.6 is 11.6 Å². The third kappa shape index (κ3) is 3.75. The van der Waals surface area contributed by atoms with E-state index < -0.39 is 5.97 Å². The number of rotatable bonds is 5. The second-order valence-electron chi connectivity index (χ2n) is 3.85. The minimum atomic E-state index is -1.02. The first kappa shape index (κ1) is 13.9. The van der Waals surface area contributed by atoms with Crippen LogP contribution in [0.5, 0.6) is 0 Å². The van der Waals surface area contributed by atoms with E-state index in [1.54, 1.807) is 6.07 Å². The number of aliphatic carboxylic acids is 1. The van der Waals surface area contributed by atoms with Crippen LogP contribution in [-0.4, -0.2) is 37.0 Å². The smallest absolute Gasteiger partial charge is 0.325 e. The van der Waals surface area contributed by atoms with Gasteiger partial charge in [-0.05, 0) is 12.1 Å². The highest BCUT2D eigenvalue weighted by atomic mass is 35.5. The van der Waals surface area contributed by atoms with Crippen molar-refractivity contribution >= 4 is 23.5 Å². The number of hydrogen-bond acceptors (Lipinski definition) is 5. The van der Waals surface area contributed by atoms with Gasteiger partial charge in [-0.3, -0.25) is 9.59 Å². The van der Waals surface area contributed by atoms with E-state index in [1.807, 2.05) is 0 Å². The number of hydrogen-bond donors (Lipinski definition) is 2. The fraction of sp³-hybridized carbons (Fsp3) is 0.182. The Bertz CT molecular complexity index is 625. The second kappa shape index (κ2) is 6.11. The van der Waals surface area contributed by atoms with Gasteiger partial charge < -0.3 is 10.4 Å². The molecule has 0 bridgehead atoms. The summed E-state index contributed by atoms with van der Waals surface area (Å²) in [5, 5.41) is 19.0. The lowest BCUT2D eigenvalue weighted by molar-refractivity contribution is -0.137. The van der Waals surface area contributed by atoms with Crippen LogP contribution in [0.15, 0.2) is 24.5 Å². The molecule has 20 heavy (non-hydrogen) atoms. The number of carbonyl (C=O) groups excluding carboxylic acids is 1. The SMILES string of the molecule is O=C(O)Cn1cc(CNC(=O)c2ccc(Cl)cn2)nn1. The number of nitrogens with one attached hydrogen (secondary N) is 1. The van der Waals surface area contributed by atoms with Gasteiger partial charge >= 0.3 is 5.97 Å². The van der Waals surface area contributed by atoms with Crippen molar-refractivity contribution in [3.63, 3.8) is 0 Å². The maximum atomic E-state index is 11.7. The molecule has 1 amide bonds. The summed E-state index contributed by atoms with van der Waals surface area (Å²) in [4.78, 5) is 26.1. The van der Waals surface area contributed by atoms with E-state index >= 15 is 0 Å². The number of pyridine rings is 1. The summed E-state index contributed by atoms with van der Waals surface area (Å²) in [5.41, 5.74) is 0.681. The molecule has 0 spiro atoms. The molecule has 9 heteroatoms. The molecule has 2 N–H and O–H groups in total. The van der Waals surface area contributed by atoms with Crippen LogP contribution < -0.4 is 5.32 Å². The summed E-state index contributed by atoms with van der Waals surface area (Å²) in [5.74, 6) is -1.40. The zero-order valence-electron chi connectivity index (χ0n) is 10.2. The predicted molar refractivity (Wildman–Crippen MR) is 68.1 cm³/mol. The molecule has 0 fully saturated rings. The molecular weight excluding hydrogens is 286 g/mol. The molecule has 2 aromatic rings. The Morgan fingerprint density at radius 3 is 2.85 bits per heavy atom. The van der Waals surface area contributed by atoms with E-state index in [0.717, 1.165) is 0 Å². The minimum absolute atomic E-state index is 0.128. The van der Waals surface area contributed by atoms with Crippen LogP contribution in [0.1, 0.15) is 16.2 Å². The monoisotopic (exact) mass is 295 g/mol. The third-order valence-electron chi connectivity index (χ3n) is 2.27. The second-order valence-corrected chi connectivity index (χ2v) is 4.28. The van der Waals surface area contributed by atoms with Gasteiger partial charge in [0.15, 0.2) is 0 Å². The highest BCUT2D eigenvalue weighted by Crippen LogP contribution is 2.06. The Kier molecular flexibility index (Phi) is 4.26. The fourth-order valence-corrected chi connectivity index (χ4v) is 1.52. The molecule has 0 radical (unpaired) electrons. The predicted octanol–water partition coefficient (Wildman–Crippen LogP) is 0.341. The molecule has 8 nitrogen and oxygen atoms in total. The molecule has 2 aromatic heterocycles. The maximum absolute atomic E-state index is 11.7. The number of carboxylic acid groups (broad SMARTS) is 1. The van der Waals surface area contributed by atoms with E-state index in [9.17, 15) is 9.59 Å². The number of amides is 1. The van der Waals surface area contributed by atoms with Gasteiger partial charge in [-0.1, -0.05) is 16.8 Å². The third-order valence-corrected chi connectivity index (χ3v) is 2.50. The van der Waals surface area contributed by atoms with Crippen LogP contribution in [0.2, 0.25) is 5.02 Å². The Morgan fingerprint density at radius 1 is 1.40 bits per heavy atom. The summed E-state index contributed by atoms with van der Waals surface area (Å²) in [6.45, 7) is -0.150. The molecule has 0 saturated heterocycles. The van der Waals surface area contributed by atoms with Crippen LogP contribution in [0.25, 0.3) is 0 Å². The summed E-state index contributed by atoms with van der Waals surface area (Å²) >= 11 is 5.67. The van der Waals surface area contributed by atoms with Crippen molar-refractivity contribution in [3.8, 4) is 0 Å². The number of halogens is 1. The summed E-state index contributed by atoms with van der Waals surface area (Å²) in [6.07, 6.45) is 2.82. The number of carboxylic acids is 1. The molecule has 0 aliphatic rings. The van der Waals surface area contributed by atoms with Gasteiger partial charge in [-0.15, -0.1) is 5.10 Å². The lowest BCUT2D eigenvalue weighted by Gasteiger charge is -2.01. The van der Waals surface area contributed by atoms with Crippen LogP contribution in [-0.2, 0) is 17.9 Å². The number of nitrogens with zero attached hydrogens (tertiary/aromatic N) is 4. The average Bonchev–Trinajstić information content (AvgIpc) is 2.83. The zero-order valence-corrected chi connectivity index (χ0v) is 10.9. The first-order valence-electron chi connectivity index (χ1n) is 5.55. The largest absolute Gasteiger partial charge is 0.480 e. The summed E-state index contributed by atoms with van der Waals surface area (Å²) in [6, 6.07) is 3.06. The topological polar surface area (TPSA) is 110 Å². The molecule has 0 aliphatic heterocycles. The van der Waals surface area contributed by atoms with Crippen molar-refractivity contribution in [2.45, 2.75) is 13.1 Å². The summed E-state index contributed by atoms with van der Waals surface area (Å²) < 4.78 is 1.17.